The average Bonchev–Trinajstić information content (AvgIpc) is 3.17. The molecule has 0 aliphatic carbocycles. The van der Waals surface area contributed by atoms with Gasteiger partial charge in [-0.15, -0.1) is 0 Å². The van der Waals surface area contributed by atoms with Crippen LogP contribution in [0, 0.1) is 17.1 Å². The van der Waals surface area contributed by atoms with E-state index in [0.29, 0.717) is 41.1 Å². The molecule has 0 bridgehead atoms. The molecule has 2 aromatic carbocycles. The minimum absolute atomic E-state index is 0.000909. The zero-order valence-electron chi connectivity index (χ0n) is 17.0. The number of benzene rings is 2. The summed E-state index contributed by atoms with van der Waals surface area (Å²) in [6, 6.07) is 10.2. The van der Waals surface area contributed by atoms with Gasteiger partial charge >= 0.3 is 0 Å². The van der Waals surface area contributed by atoms with Crippen molar-refractivity contribution in [2.75, 3.05) is 30.0 Å². The highest BCUT2D eigenvalue weighted by Gasteiger charge is 2.45. The first kappa shape index (κ1) is 20.4. The van der Waals surface area contributed by atoms with E-state index in [1.807, 2.05) is 0 Å². The lowest BCUT2D eigenvalue weighted by molar-refractivity contribution is 0.0584. The van der Waals surface area contributed by atoms with E-state index in [4.69, 9.17) is 21.4 Å². The van der Waals surface area contributed by atoms with Crippen LogP contribution in [-0.2, 0) is 0 Å². The van der Waals surface area contributed by atoms with Gasteiger partial charge in [0.25, 0.3) is 11.9 Å². The summed E-state index contributed by atoms with van der Waals surface area (Å²) in [4.78, 5) is 21.6. The number of piperidine rings is 1. The number of aromatic nitrogens is 1. The van der Waals surface area contributed by atoms with Gasteiger partial charge in [-0.25, -0.2) is 4.39 Å². The van der Waals surface area contributed by atoms with Crippen LogP contribution in [0.1, 0.15) is 16.8 Å². The molecule has 3 aromatic rings. The fourth-order valence-corrected chi connectivity index (χ4v) is 4.50. The van der Waals surface area contributed by atoms with Crippen LogP contribution >= 0.6 is 11.6 Å². The maximum Gasteiger partial charge on any atom is 0.298 e. The Kier molecular flexibility index (Phi) is 5.26. The van der Waals surface area contributed by atoms with Crippen molar-refractivity contribution in [2.24, 2.45) is 11.0 Å². The topological polar surface area (TPSA) is 97.8 Å². The first-order valence-electron chi connectivity index (χ1n) is 10.2. The Bertz CT molecular complexity index is 1230. The Morgan fingerprint density at radius 1 is 1.34 bits per heavy atom. The van der Waals surface area contributed by atoms with E-state index in [2.05, 4.69) is 20.4 Å². The fourth-order valence-electron chi connectivity index (χ4n) is 4.34. The minimum Gasteiger partial charge on any atom is -0.423 e. The summed E-state index contributed by atoms with van der Waals surface area (Å²) in [5, 5.41) is 11.4. The molecular formula is C22H20ClFN6O2. The van der Waals surface area contributed by atoms with Crippen LogP contribution in [0.3, 0.4) is 0 Å². The molecule has 164 valence electrons. The number of oxazole rings is 1. The second-order valence-electron chi connectivity index (χ2n) is 7.85. The number of carbonyl (C=O) groups excluding carboxylic acids is 1. The molecule has 2 aliphatic heterocycles. The second-order valence-corrected chi connectivity index (χ2v) is 8.28. The van der Waals surface area contributed by atoms with Crippen molar-refractivity contribution in [2.45, 2.75) is 12.5 Å². The van der Waals surface area contributed by atoms with Gasteiger partial charge in [0.2, 0.25) is 0 Å². The number of rotatable bonds is 5. The van der Waals surface area contributed by atoms with Crippen molar-refractivity contribution in [3.63, 3.8) is 0 Å². The van der Waals surface area contributed by atoms with E-state index in [1.54, 1.807) is 29.2 Å². The molecule has 2 N–H and O–H groups in total. The van der Waals surface area contributed by atoms with Gasteiger partial charge < -0.3 is 19.6 Å². The Hall–Kier alpha value is -3.46. The number of hydrogen-bond donors (Lipinski definition) is 2. The van der Waals surface area contributed by atoms with Gasteiger partial charge in [-0.1, -0.05) is 17.7 Å². The van der Waals surface area contributed by atoms with E-state index in [0.717, 1.165) is 19.2 Å². The number of para-hydroxylation sites is 1. The fraction of sp³-hybridized carbons (Fsp3) is 0.273. The van der Waals surface area contributed by atoms with Crippen LogP contribution < -0.4 is 10.3 Å². The smallest absolute Gasteiger partial charge is 0.298 e. The summed E-state index contributed by atoms with van der Waals surface area (Å²) in [5.41, 5.74) is 4.10. The molecular weight excluding hydrogens is 435 g/mol. The molecule has 32 heavy (non-hydrogen) atoms. The van der Waals surface area contributed by atoms with Crippen LogP contribution in [0.4, 0.5) is 16.1 Å². The summed E-state index contributed by atoms with van der Waals surface area (Å²) in [6.07, 6.45) is 2.99. The van der Waals surface area contributed by atoms with E-state index in [1.165, 1.54) is 18.3 Å². The van der Waals surface area contributed by atoms with Gasteiger partial charge in [0.1, 0.15) is 17.0 Å². The molecule has 2 unspecified atom stereocenters. The Morgan fingerprint density at radius 2 is 2.22 bits per heavy atom. The van der Waals surface area contributed by atoms with Gasteiger partial charge in [-0.2, -0.15) is 10.1 Å². The summed E-state index contributed by atoms with van der Waals surface area (Å²) >= 11 is 6.05. The molecule has 2 atom stereocenters. The summed E-state index contributed by atoms with van der Waals surface area (Å²) < 4.78 is 20.3. The number of carbonyl (C=O) groups is 1. The molecule has 0 saturated carbocycles. The molecule has 0 spiro atoms. The van der Waals surface area contributed by atoms with Crippen LogP contribution in [0.25, 0.3) is 11.1 Å². The lowest BCUT2D eigenvalue weighted by Crippen LogP contribution is -2.65. The highest BCUT2D eigenvalue weighted by atomic mass is 35.5. The second kappa shape index (κ2) is 8.23. The third-order valence-electron chi connectivity index (χ3n) is 5.99. The predicted octanol–water partition coefficient (Wildman–Crippen LogP) is 4.02. The first-order valence-corrected chi connectivity index (χ1v) is 10.6. The van der Waals surface area contributed by atoms with Crippen LogP contribution in [0.5, 0.6) is 0 Å². The maximum absolute atomic E-state index is 14.4. The largest absolute Gasteiger partial charge is 0.423 e. The average molecular weight is 455 g/mol. The molecule has 10 heteroatoms. The van der Waals surface area contributed by atoms with Crippen LogP contribution in [0.2, 0.25) is 5.02 Å². The lowest BCUT2D eigenvalue weighted by atomic mass is 9.82. The zero-order valence-corrected chi connectivity index (χ0v) is 17.7. The predicted molar refractivity (Wildman–Crippen MR) is 121 cm³/mol. The van der Waals surface area contributed by atoms with Crippen molar-refractivity contribution in [3.8, 4) is 0 Å². The Balaban J connectivity index is 1.35. The third-order valence-corrected chi connectivity index (χ3v) is 6.23. The van der Waals surface area contributed by atoms with Crippen LogP contribution in [-0.4, -0.2) is 53.9 Å². The van der Waals surface area contributed by atoms with Crippen molar-refractivity contribution >= 4 is 52.7 Å². The van der Waals surface area contributed by atoms with Gasteiger partial charge in [0, 0.05) is 36.8 Å². The highest BCUT2D eigenvalue weighted by molar-refractivity contribution is 6.31. The lowest BCUT2D eigenvalue weighted by Gasteiger charge is -2.52. The molecule has 5 rings (SSSR count). The zero-order chi connectivity index (χ0) is 22.2. The van der Waals surface area contributed by atoms with E-state index in [-0.39, 0.29) is 23.2 Å². The standard InChI is InChI=1S/C22H20ClFN6O2/c23-14-4-5-19-17(10-14)27-22(32-19)30-11-13-6-9-29(12-18(13)30)21(31)15-2-1-3-16(24)20(15)28-26-8-7-25/h1-5,7-8,10,13,18,25,28H,6,9,11-12H2/b25-7?,26-8-. The van der Waals surface area contributed by atoms with Crippen molar-refractivity contribution < 1.29 is 13.6 Å². The van der Waals surface area contributed by atoms with Crippen LogP contribution in [0.15, 0.2) is 45.9 Å². The van der Waals surface area contributed by atoms with Gasteiger partial charge in [0.15, 0.2) is 5.58 Å². The molecule has 2 fully saturated rings. The quantitative estimate of drug-likeness (QED) is 0.448. The SMILES string of the molecule is N=C/C=N\Nc1c(F)cccc1C(=O)N1CCC2CN(c3nc4cc(Cl)ccc4o3)C2C1. The third kappa shape index (κ3) is 3.58. The molecule has 2 aliphatic rings. The molecule has 3 heterocycles. The number of hydrazone groups is 1. The van der Waals surface area contributed by atoms with Crippen molar-refractivity contribution in [1.82, 2.24) is 9.88 Å². The Morgan fingerprint density at radius 3 is 3.06 bits per heavy atom. The number of anilines is 2. The summed E-state index contributed by atoms with van der Waals surface area (Å²) in [6.45, 7) is 1.90. The van der Waals surface area contributed by atoms with E-state index >= 15 is 0 Å². The monoisotopic (exact) mass is 454 g/mol. The normalized spacial score (nSPS) is 20.3. The highest BCUT2D eigenvalue weighted by Crippen LogP contribution is 2.38. The van der Waals surface area contributed by atoms with Gasteiger partial charge in [-0.3, -0.25) is 10.2 Å². The first-order chi connectivity index (χ1) is 15.5. The summed E-state index contributed by atoms with van der Waals surface area (Å²) in [5.74, 6) is -0.407. The van der Waals surface area contributed by atoms with Crippen molar-refractivity contribution in [3.05, 3.63) is 52.8 Å². The van der Waals surface area contributed by atoms with E-state index in [9.17, 15) is 9.18 Å². The molecule has 2 saturated heterocycles. The number of halogens is 2. The minimum atomic E-state index is -0.580. The molecule has 0 radical (unpaired) electrons. The number of nitrogens with zero attached hydrogens (tertiary/aromatic N) is 4. The number of hydrogen-bond acceptors (Lipinski definition) is 7. The van der Waals surface area contributed by atoms with Gasteiger partial charge in [0.05, 0.1) is 17.8 Å². The number of nitrogens with one attached hydrogen (secondary N) is 2. The maximum atomic E-state index is 14.4. The molecule has 1 amide bonds. The molecule has 8 nitrogen and oxygen atoms in total. The molecule has 1 aromatic heterocycles. The summed E-state index contributed by atoms with van der Waals surface area (Å²) in [7, 11) is 0. The Labute approximate surface area is 188 Å². The number of likely N-dealkylation sites (tertiary alicyclic amines) is 1. The van der Waals surface area contributed by atoms with Gasteiger partial charge in [-0.05, 0) is 36.8 Å². The van der Waals surface area contributed by atoms with Crippen molar-refractivity contribution in [1.29, 1.82) is 5.41 Å². The number of fused-ring (bicyclic) bond motifs is 2. The van der Waals surface area contributed by atoms with E-state index < -0.39 is 5.82 Å². The number of amides is 1.